The minimum absolute atomic E-state index is 0.710. The lowest BCUT2D eigenvalue weighted by Gasteiger charge is -2.18. The summed E-state index contributed by atoms with van der Waals surface area (Å²) in [4.78, 5) is 0. The molecule has 0 atom stereocenters. The lowest BCUT2D eigenvalue weighted by molar-refractivity contribution is 0.491. The molecule has 0 spiro atoms. The van der Waals surface area contributed by atoms with Gasteiger partial charge in [0.25, 0.3) is 0 Å². The number of hydrogen-bond acceptors (Lipinski definition) is 1. The molecule has 0 saturated heterocycles. The Labute approximate surface area is 89.3 Å². The maximum Gasteiger partial charge on any atom is 0.0167 e. The maximum absolute atomic E-state index is 4.17. The first-order valence-corrected chi connectivity index (χ1v) is 5.75. The molecule has 0 unspecified atom stereocenters. The Kier molecular flexibility index (Phi) is 8.65. The van der Waals surface area contributed by atoms with Crippen molar-refractivity contribution in [1.29, 1.82) is 0 Å². The van der Waals surface area contributed by atoms with Crippen molar-refractivity contribution >= 4 is 0 Å². The van der Waals surface area contributed by atoms with Gasteiger partial charge in [0, 0.05) is 13.1 Å². The molecule has 0 amide bonds. The lowest BCUT2D eigenvalue weighted by atomic mass is 9.91. The SMILES string of the molecule is C=CCNCC(=C)C(CCC)CCC. The Hall–Kier alpha value is -0.560. The molecule has 0 aromatic carbocycles. The van der Waals surface area contributed by atoms with Crippen molar-refractivity contribution in [2.75, 3.05) is 13.1 Å². The van der Waals surface area contributed by atoms with E-state index in [0.29, 0.717) is 5.92 Å². The van der Waals surface area contributed by atoms with Gasteiger partial charge in [0.2, 0.25) is 0 Å². The van der Waals surface area contributed by atoms with Crippen LogP contribution in [-0.4, -0.2) is 13.1 Å². The smallest absolute Gasteiger partial charge is 0.0167 e. The quantitative estimate of drug-likeness (QED) is 0.438. The largest absolute Gasteiger partial charge is 0.310 e. The van der Waals surface area contributed by atoms with Crippen LogP contribution in [0, 0.1) is 5.92 Å². The fourth-order valence-corrected chi connectivity index (χ4v) is 1.73. The first-order chi connectivity index (χ1) is 6.76. The van der Waals surface area contributed by atoms with Crippen LogP contribution in [-0.2, 0) is 0 Å². The van der Waals surface area contributed by atoms with Gasteiger partial charge < -0.3 is 5.32 Å². The Balaban J connectivity index is 3.81. The third-order valence-electron chi connectivity index (χ3n) is 2.49. The van der Waals surface area contributed by atoms with Gasteiger partial charge in [-0.1, -0.05) is 44.9 Å². The summed E-state index contributed by atoms with van der Waals surface area (Å²) in [5, 5.41) is 3.31. The Bertz CT molecular complexity index is 155. The molecular weight excluding hydrogens is 170 g/mol. The van der Waals surface area contributed by atoms with E-state index in [2.05, 4.69) is 32.3 Å². The normalized spacial score (nSPS) is 10.5. The van der Waals surface area contributed by atoms with Crippen LogP contribution in [0.5, 0.6) is 0 Å². The molecule has 0 aliphatic carbocycles. The van der Waals surface area contributed by atoms with E-state index in [1.54, 1.807) is 0 Å². The van der Waals surface area contributed by atoms with Gasteiger partial charge in [-0.15, -0.1) is 6.58 Å². The zero-order valence-corrected chi connectivity index (χ0v) is 9.81. The average Bonchev–Trinajstić information content (AvgIpc) is 2.18. The summed E-state index contributed by atoms with van der Waals surface area (Å²) in [5.74, 6) is 0.710. The number of hydrogen-bond donors (Lipinski definition) is 1. The summed E-state index contributed by atoms with van der Waals surface area (Å²) >= 11 is 0. The minimum Gasteiger partial charge on any atom is -0.310 e. The van der Waals surface area contributed by atoms with E-state index < -0.39 is 0 Å². The van der Waals surface area contributed by atoms with Gasteiger partial charge in [-0.2, -0.15) is 0 Å². The van der Waals surface area contributed by atoms with E-state index in [0.717, 1.165) is 13.1 Å². The molecule has 0 aliphatic heterocycles. The maximum atomic E-state index is 4.17. The van der Waals surface area contributed by atoms with E-state index in [9.17, 15) is 0 Å². The van der Waals surface area contributed by atoms with Gasteiger partial charge in [0.05, 0.1) is 0 Å². The van der Waals surface area contributed by atoms with Crippen molar-refractivity contribution in [3.8, 4) is 0 Å². The highest BCUT2D eigenvalue weighted by Gasteiger charge is 2.09. The second-order valence-corrected chi connectivity index (χ2v) is 3.85. The molecule has 0 saturated carbocycles. The predicted molar refractivity (Wildman–Crippen MR) is 65.5 cm³/mol. The Morgan fingerprint density at radius 1 is 1.29 bits per heavy atom. The van der Waals surface area contributed by atoms with Gasteiger partial charge in [0.15, 0.2) is 0 Å². The van der Waals surface area contributed by atoms with Crippen LogP contribution in [0.3, 0.4) is 0 Å². The highest BCUT2D eigenvalue weighted by Crippen LogP contribution is 2.20. The van der Waals surface area contributed by atoms with Crippen LogP contribution in [0.25, 0.3) is 0 Å². The summed E-state index contributed by atoms with van der Waals surface area (Å²) in [5.41, 5.74) is 1.36. The van der Waals surface area contributed by atoms with Gasteiger partial charge in [-0.05, 0) is 18.8 Å². The Morgan fingerprint density at radius 2 is 1.86 bits per heavy atom. The molecule has 0 fully saturated rings. The molecule has 0 bridgehead atoms. The van der Waals surface area contributed by atoms with E-state index in [1.807, 2.05) is 6.08 Å². The van der Waals surface area contributed by atoms with Gasteiger partial charge in [-0.25, -0.2) is 0 Å². The molecule has 1 nitrogen and oxygen atoms in total. The van der Waals surface area contributed by atoms with Crippen LogP contribution in [0.1, 0.15) is 39.5 Å². The van der Waals surface area contributed by atoms with Gasteiger partial charge >= 0.3 is 0 Å². The van der Waals surface area contributed by atoms with Crippen LogP contribution in [0.4, 0.5) is 0 Å². The third kappa shape index (κ3) is 5.98. The van der Waals surface area contributed by atoms with Crippen molar-refractivity contribution in [2.24, 2.45) is 5.92 Å². The van der Waals surface area contributed by atoms with Gasteiger partial charge in [0.1, 0.15) is 0 Å². The van der Waals surface area contributed by atoms with Crippen molar-refractivity contribution in [1.82, 2.24) is 5.32 Å². The summed E-state index contributed by atoms with van der Waals surface area (Å²) in [7, 11) is 0. The van der Waals surface area contributed by atoms with E-state index in [4.69, 9.17) is 0 Å². The molecule has 82 valence electrons. The van der Waals surface area contributed by atoms with E-state index in [-0.39, 0.29) is 0 Å². The standard InChI is InChI=1S/C13H25N/c1-5-8-13(9-6-2)12(4)11-14-10-7-3/h7,13-14H,3-6,8-11H2,1-2H3. The lowest BCUT2D eigenvalue weighted by Crippen LogP contribution is -2.20. The van der Waals surface area contributed by atoms with Crippen LogP contribution in [0.15, 0.2) is 24.8 Å². The van der Waals surface area contributed by atoms with Crippen LogP contribution >= 0.6 is 0 Å². The summed E-state index contributed by atoms with van der Waals surface area (Å²) in [6.07, 6.45) is 6.96. The monoisotopic (exact) mass is 195 g/mol. The molecule has 0 aromatic heterocycles. The molecule has 0 aliphatic rings. The van der Waals surface area contributed by atoms with Crippen molar-refractivity contribution in [3.05, 3.63) is 24.8 Å². The van der Waals surface area contributed by atoms with E-state index >= 15 is 0 Å². The fourth-order valence-electron chi connectivity index (χ4n) is 1.73. The molecule has 1 N–H and O–H groups in total. The fraction of sp³-hybridized carbons (Fsp3) is 0.692. The third-order valence-corrected chi connectivity index (χ3v) is 2.49. The first-order valence-electron chi connectivity index (χ1n) is 5.75. The highest BCUT2D eigenvalue weighted by molar-refractivity contribution is 5.03. The Morgan fingerprint density at radius 3 is 2.29 bits per heavy atom. The van der Waals surface area contributed by atoms with Crippen LogP contribution < -0.4 is 5.32 Å². The number of rotatable bonds is 9. The van der Waals surface area contributed by atoms with Crippen LogP contribution in [0.2, 0.25) is 0 Å². The van der Waals surface area contributed by atoms with Gasteiger partial charge in [-0.3, -0.25) is 0 Å². The van der Waals surface area contributed by atoms with E-state index in [1.165, 1.54) is 31.3 Å². The van der Waals surface area contributed by atoms with Crippen molar-refractivity contribution < 1.29 is 0 Å². The molecule has 1 heteroatoms. The molecule has 14 heavy (non-hydrogen) atoms. The molecule has 0 aromatic rings. The molecule has 0 heterocycles. The average molecular weight is 195 g/mol. The van der Waals surface area contributed by atoms with Crippen molar-refractivity contribution in [2.45, 2.75) is 39.5 Å². The minimum atomic E-state index is 0.710. The summed E-state index contributed by atoms with van der Waals surface area (Å²) in [6, 6.07) is 0. The zero-order chi connectivity index (χ0) is 10.8. The molecule has 0 radical (unpaired) electrons. The predicted octanol–water partition coefficient (Wildman–Crippen LogP) is 3.53. The molecule has 0 rings (SSSR count). The topological polar surface area (TPSA) is 12.0 Å². The first kappa shape index (κ1) is 13.4. The second-order valence-electron chi connectivity index (χ2n) is 3.85. The summed E-state index contributed by atoms with van der Waals surface area (Å²) in [6.45, 7) is 14.2. The van der Waals surface area contributed by atoms with Crippen molar-refractivity contribution in [3.63, 3.8) is 0 Å². The number of nitrogens with one attached hydrogen (secondary N) is 1. The highest BCUT2D eigenvalue weighted by atomic mass is 14.8. The zero-order valence-electron chi connectivity index (χ0n) is 9.81. The molecular formula is C13H25N. The summed E-state index contributed by atoms with van der Waals surface area (Å²) < 4.78 is 0. The second kappa shape index (κ2) is 9.01.